The minimum absolute atomic E-state index is 0.808. The summed E-state index contributed by atoms with van der Waals surface area (Å²) in [5.41, 5.74) is 0. The van der Waals surface area contributed by atoms with Crippen molar-refractivity contribution in [3.05, 3.63) is 24.3 Å². The Labute approximate surface area is 117 Å². The van der Waals surface area contributed by atoms with Gasteiger partial charge in [-0.05, 0) is 61.4 Å². The first-order valence-electron chi connectivity index (χ1n) is 7.21. The third-order valence-electron chi connectivity index (χ3n) is 4.70. The normalized spacial score (nSPS) is 29.8. The van der Waals surface area contributed by atoms with Gasteiger partial charge in [0.05, 0.1) is 4.70 Å². The molecule has 1 aromatic heterocycles. The van der Waals surface area contributed by atoms with Gasteiger partial charge in [0.15, 0.2) is 0 Å². The van der Waals surface area contributed by atoms with E-state index >= 15 is 0 Å². The van der Waals surface area contributed by atoms with Crippen molar-refractivity contribution >= 4 is 27.4 Å². The van der Waals surface area contributed by atoms with E-state index in [0.29, 0.717) is 0 Å². The molecule has 0 spiro atoms. The number of fused-ring (bicyclic) bond motifs is 4. The summed E-state index contributed by atoms with van der Waals surface area (Å²) in [6.07, 6.45) is 2.79. The molecular weight excluding hydrogens is 254 g/mol. The predicted molar refractivity (Wildman–Crippen MR) is 80.8 cm³/mol. The summed E-state index contributed by atoms with van der Waals surface area (Å²) >= 11 is 1.59. The number of nitrogens with zero attached hydrogens (tertiary/aromatic N) is 2. The largest absolute Gasteiger partial charge is 0.368 e. The fourth-order valence-corrected chi connectivity index (χ4v) is 4.32. The lowest BCUT2D eigenvalue weighted by Crippen LogP contribution is -2.49. The van der Waals surface area contributed by atoms with Gasteiger partial charge in [0, 0.05) is 18.5 Å². The summed E-state index contributed by atoms with van der Waals surface area (Å²) in [5.74, 6) is 2.82. The average Bonchev–Trinajstić information content (AvgIpc) is 2.90. The summed E-state index contributed by atoms with van der Waals surface area (Å²) in [6.45, 7) is 5.00. The molecular formula is C15H19N3S. The number of piperidine rings is 3. The summed E-state index contributed by atoms with van der Waals surface area (Å²) in [6, 6.07) is 8.48. The predicted octanol–water partition coefficient (Wildman–Crippen LogP) is 3.05. The van der Waals surface area contributed by atoms with Crippen LogP contribution in [0.15, 0.2) is 24.3 Å². The van der Waals surface area contributed by atoms with Crippen LogP contribution in [-0.4, -0.2) is 35.5 Å². The van der Waals surface area contributed by atoms with Crippen LogP contribution in [-0.2, 0) is 0 Å². The first-order chi connectivity index (χ1) is 9.40. The van der Waals surface area contributed by atoms with Crippen molar-refractivity contribution in [1.82, 2.24) is 9.27 Å². The molecule has 0 amide bonds. The van der Waals surface area contributed by atoms with Crippen molar-refractivity contribution < 1.29 is 0 Å². The van der Waals surface area contributed by atoms with Crippen LogP contribution in [0, 0.1) is 11.8 Å². The van der Waals surface area contributed by atoms with Gasteiger partial charge in [-0.1, -0.05) is 12.1 Å². The molecule has 1 N–H and O–H groups in total. The quantitative estimate of drug-likeness (QED) is 0.931. The van der Waals surface area contributed by atoms with Crippen LogP contribution in [0.2, 0.25) is 0 Å². The molecule has 19 heavy (non-hydrogen) atoms. The lowest BCUT2D eigenvalue weighted by Gasteiger charge is -2.44. The Hall–Kier alpha value is -1.13. The number of hydrogen-bond acceptors (Lipinski definition) is 4. The molecule has 0 saturated carbocycles. The maximum absolute atomic E-state index is 4.56. The van der Waals surface area contributed by atoms with Crippen molar-refractivity contribution in [3.8, 4) is 0 Å². The third-order valence-corrected chi connectivity index (χ3v) is 5.53. The standard InChI is InChI=1S/C15H19N3S/c1-2-4-14-13(3-1)15(17-19-14)16-9-12-10-18-7-5-11(12)6-8-18/h1-4,11-12H,5-10H2,(H,16,17). The summed E-state index contributed by atoms with van der Waals surface area (Å²) in [5, 5.41) is 4.87. The Balaban J connectivity index is 1.47. The molecule has 3 fully saturated rings. The molecule has 3 saturated heterocycles. The van der Waals surface area contributed by atoms with Gasteiger partial charge in [0.2, 0.25) is 0 Å². The number of anilines is 1. The van der Waals surface area contributed by atoms with E-state index in [2.05, 4.69) is 38.9 Å². The molecule has 5 rings (SSSR count). The van der Waals surface area contributed by atoms with E-state index in [0.717, 1.165) is 24.2 Å². The van der Waals surface area contributed by atoms with Crippen LogP contribution in [0.25, 0.3) is 10.1 Å². The first kappa shape index (κ1) is 11.7. The molecule has 2 aromatic rings. The molecule has 3 aliphatic heterocycles. The maximum Gasteiger partial charge on any atom is 0.147 e. The molecule has 1 aromatic carbocycles. The van der Waals surface area contributed by atoms with Crippen LogP contribution in [0.5, 0.6) is 0 Å². The van der Waals surface area contributed by atoms with Crippen molar-refractivity contribution in [2.24, 2.45) is 11.8 Å². The monoisotopic (exact) mass is 273 g/mol. The number of benzene rings is 1. The van der Waals surface area contributed by atoms with E-state index in [1.54, 1.807) is 11.5 Å². The molecule has 1 atom stereocenters. The van der Waals surface area contributed by atoms with Crippen molar-refractivity contribution in [3.63, 3.8) is 0 Å². The van der Waals surface area contributed by atoms with Gasteiger partial charge in [0.25, 0.3) is 0 Å². The Bertz CT molecular complexity index is 572. The highest BCUT2D eigenvalue weighted by Gasteiger charge is 2.33. The Morgan fingerprint density at radius 3 is 2.89 bits per heavy atom. The van der Waals surface area contributed by atoms with Gasteiger partial charge < -0.3 is 10.2 Å². The van der Waals surface area contributed by atoms with Crippen LogP contribution in [0.4, 0.5) is 5.82 Å². The minimum atomic E-state index is 0.808. The SMILES string of the molecule is c1ccc2c(NCC3CN4CCC3CC4)nsc2c1. The molecule has 4 heterocycles. The fourth-order valence-electron chi connectivity index (χ4n) is 3.56. The van der Waals surface area contributed by atoms with E-state index in [1.807, 2.05) is 0 Å². The summed E-state index contributed by atoms with van der Waals surface area (Å²) in [7, 11) is 0. The zero-order valence-electron chi connectivity index (χ0n) is 11.0. The second kappa shape index (κ2) is 4.76. The number of nitrogens with one attached hydrogen (secondary N) is 1. The molecule has 3 aliphatic rings. The Morgan fingerprint density at radius 1 is 1.26 bits per heavy atom. The van der Waals surface area contributed by atoms with Gasteiger partial charge in [-0.2, -0.15) is 4.37 Å². The average molecular weight is 273 g/mol. The van der Waals surface area contributed by atoms with Crippen molar-refractivity contribution in [1.29, 1.82) is 0 Å². The lowest BCUT2D eigenvalue weighted by molar-refractivity contribution is 0.0574. The van der Waals surface area contributed by atoms with Crippen LogP contribution in [0.3, 0.4) is 0 Å². The van der Waals surface area contributed by atoms with Crippen molar-refractivity contribution in [2.75, 3.05) is 31.5 Å². The van der Waals surface area contributed by atoms with E-state index in [9.17, 15) is 0 Å². The molecule has 0 aliphatic carbocycles. The highest BCUT2D eigenvalue weighted by atomic mass is 32.1. The Kier molecular flexibility index (Phi) is 2.93. The van der Waals surface area contributed by atoms with Crippen LogP contribution >= 0.6 is 11.5 Å². The van der Waals surface area contributed by atoms with E-state index < -0.39 is 0 Å². The molecule has 3 nitrogen and oxygen atoms in total. The third kappa shape index (κ3) is 2.13. The molecule has 2 bridgehead atoms. The van der Waals surface area contributed by atoms with Gasteiger partial charge in [-0.15, -0.1) is 0 Å². The van der Waals surface area contributed by atoms with Crippen LogP contribution in [0.1, 0.15) is 12.8 Å². The number of aromatic nitrogens is 1. The molecule has 1 unspecified atom stereocenters. The zero-order valence-corrected chi connectivity index (χ0v) is 11.8. The smallest absolute Gasteiger partial charge is 0.147 e. The highest BCUT2D eigenvalue weighted by Crippen LogP contribution is 2.33. The molecule has 4 heteroatoms. The zero-order chi connectivity index (χ0) is 12.7. The topological polar surface area (TPSA) is 28.2 Å². The van der Waals surface area contributed by atoms with Gasteiger partial charge in [-0.25, -0.2) is 0 Å². The molecule has 0 radical (unpaired) electrons. The highest BCUT2D eigenvalue weighted by molar-refractivity contribution is 7.13. The second-order valence-corrected chi connectivity index (χ2v) is 6.61. The lowest BCUT2D eigenvalue weighted by atomic mass is 9.79. The number of rotatable bonds is 3. The second-order valence-electron chi connectivity index (χ2n) is 5.81. The van der Waals surface area contributed by atoms with Gasteiger partial charge in [-0.3, -0.25) is 0 Å². The van der Waals surface area contributed by atoms with E-state index in [-0.39, 0.29) is 0 Å². The molecule has 100 valence electrons. The maximum atomic E-state index is 4.56. The van der Waals surface area contributed by atoms with Crippen molar-refractivity contribution in [2.45, 2.75) is 12.8 Å². The van der Waals surface area contributed by atoms with Gasteiger partial charge >= 0.3 is 0 Å². The number of hydrogen-bond donors (Lipinski definition) is 1. The van der Waals surface area contributed by atoms with Gasteiger partial charge in [0.1, 0.15) is 5.82 Å². The minimum Gasteiger partial charge on any atom is -0.368 e. The fraction of sp³-hybridized carbons (Fsp3) is 0.533. The summed E-state index contributed by atoms with van der Waals surface area (Å²) < 4.78 is 5.84. The van der Waals surface area contributed by atoms with E-state index in [4.69, 9.17) is 0 Å². The Morgan fingerprint density at radius 2 is 2.11 bits per heavy atom. The van der Waals surface area contributed by atoms with Crippen LogP contribution < -0.4 is 5.32 Å². The van der Waals surface area contributed by atoms with E-state index in [1.165, 1.54) is 42.6 Å². The first-order valence-corrected chi connectivity index (χ1v) is 7.98. The summed E-state index contributed by atoms with van der Waals surface area (Å²) in [4.78, 5) is 2.62.